The minimum Gasteiger partial charge on any atom is -0.378 e. The molecule has 22 heavy (non-hydrogen) atoms. The summed E-state index contributed by atoms with van der Waals surface area (Å²) in [6.45, 7) is 2.29. The molecule has 1 aromatic rings. The minimum atomic E-state index is 1.26. The molecule has 0 N–H and O–H groups in total. The van der Waals surface area contributed by atoms with Crippen LogP contribution < -0.4 is 4.90 Å². The van der Waals surface area contributed by atoms with Crippen LogP contribution in [0.1, 0.15) is 71.1 Å². The second-order valence-electron chi connectivity index (χ2n) is 6.42. The molecule has 126 valence electrons. The van der Waals surface area contributed by atoms with Gasteiger partial charge in [0.25, 0.3) is 0 Å². The third-order valence-electron chi connectivity index (χ3n) is 4.12. The molecule has 0 saturated carbocycles. The molecule has 1 rings (SSSR count). The standard InChI is InChI=1S/C20H35NS/c1-4-5-6-7-8-9-10-11-12-13-18-22-20-16-14-19(15-17-20)21(2)3/h14-17H,4-13,18H2,1-3H3. The first kappa shape index (κ1) is 19.4. The van der Waals surface area contributed by atoms with Crippen molar-refractivity contribution in [2.45, 2.75) is 76.0 Å². The van der Waals surface area contributed by atoms with Gasteiger partial charge in [-0.2, -0.15) is 0 Å². The average Bonchev–Trinajstić information content (AvgIpc) is 2.53. The Morgan fingerprint density at radius 2 is 1.23 bits per heavy atom. The quantitative estimate of drug-likeness (QED) is 0.291. The summed E-state index contributed by atoms with van der Waals surface area (Å²) in [6.07, 6.45) is 14.2. The van der Waals surface area contributed by atoms with Gasteiger partial charge in [-0.15, -0.1) is 11.8 Å². The Morgan fingerprint density at radius 3 is 1.73 bits per heavy atom. The summed E-state index contributed by atoms with van der Waals surface area (Å²) < 4.78 is 0. The van der Waals surface area contributed by atoms with Crippen LogP contribution in [0.5, 0.6) is 0 Å². The molecule has 1 nitrogen and oxygen atoms in total. The Hall–Kier alpha value is -0.630. The van der Waals surface area contributed by atoms with Crippen molar-refractivity contribution in [3.8, 4) is 0 Å². The number of rotatable bonds is 13. The fourth-order valence-electron chi connectivity index (χ4n) is 2.62. The van der Waals surface area contributed by atoms with E-state index in [0.29, 0.717) is 0 Å². The van der Waals surface area contributed by atoms with E-state index < -0.39 is 0 Å². The number of benzene rings is 1. The van der Waals surface area contributed by atoms with Crippen molar-refractivity contribution in [2.75, 3.05) is 24.7 Å². The minimum absolute atomic E-state index is 1.26. The third kappa shape index (κ3) is 9.40. The van der Waals surface area contributed by atoms with E-state index in [2.05, 4.69) is 50.2 Å². The summed E-state index contributed by atoms with van der Waals surface area (Å²) in [5, 5.41) is 0. The number of hydrogen-bond donors (Lipinski definition) is 0. The lowest BCUT2D eigenvalue weighted by molar-refractivity contribution is 0.563. The number of thioether (sulfide) groups is 1. The van der Waals surface area contributed by atoms with Crippen LogP contribution in [0.25, 0.3) is 0 Å². The third-order valence-corrected chi connectivity index (χ3v) is 5.22. The molecule has 0 aliphatic carbocycles. The van der Waals surface area contributed by atoms with E-state index in [-0.39, 0.29) is 0 Å². The molecular formula is C20H35NS. The molecule has 0 unspecified atom stereocenters. The van der Waals surface area contributed by atoms with Crippen LogP contribution in [0, 0.1) is 0 Å². The Morgan fingerprint density at radius 1 is 0.727 bits per heavy atom. The molecule has 0 saturated heterocycles. The first-order valence-electron chi connectivity index (χ1n) is 9.14. The fourth-order valence-corrected chi connectivity index (χ4v) is 3.53. The monoisotopic (exact) mass is 321 g/mol. The molecule has 0 spiro atoms. The van der Waals surface area contributed by atoms with E-state index >= 15 is 0 Å². The van der Waals surface area contributed by atoms with E-state index in [1.54, 1.807) is 0 Å². The number of hydrogen-bond acceptors (Lipinski definition) is 2. The molecule has 0 atom stereocenters. The molecule has 0 amide bonds. The maximum Gasteiger partial charge on any atom is 0.0361 e. The van der Waals surface area contributed by atoms with Crippen molar-refractivity contribution in [3.05, 3.63) is 24.3 Å². The van der Waals surface area contributed by atoms with E-state index in [1.165, 1.54) is 80.5 Å². The predicted octanol–water partition coefficient (Wildman–Crippen LogP) is 6.77. The molecule has 0 bridgehead atoms. The molecular weight excluding hydrogens is 286 g/mol. The molecule has 0 fully saturated rings. The lowest BCUT2D eigenvalue weighted by atomic mass is 10.1. The maximum atomic E-state index is 2.29. The highest BCUT2D eigenvalue weighted by molar-refractivity contribution is 7.99. The molecule has 0 heterocycles. The molecule has 0 aromatic heterocycles. The van der Waals surface area contributed by atoms with Gasteiger partial charge < -0.3 is 4.90 Å². The van der Waals surface area contributed by atoms with Gasteiger partial charge in [0.2, 0.25) is 0 Å². The summed E-state index contributed by atoms with van der Waals surface area (Å²) >= 11 is 2.00. The van der Waals surface area contributed by atoms with Gasteiger partial charge in [-0.25, -0.2) is 0 Å². The largest absolute Gasteiger partial charge is 0.378 e. The zero-order valence-corrected chi connectivity index (χ0v) is 15.8. The van der Waals surface area contributed by atoms with Gasteiger partial charge in [0.1, 0.15) is 0 Å². The van der Waals surface area contributed by atoms with Gasteiger partial charge in [-0.05, 0) is 36.4 Å². The molecule has 0 aliphatic heterocycles. The van der Waals surface area contributed by atoms with Gasteiger partial charge in [0.05, 0.1) is 0 Å². The zero-order chi connectivity index (χ0) is 16.0. The Kier molecular flexibility index (Phi) is 11.4. The van der Waals surface area contributed by atoms with Gasteiger partial charge >= 0.3 is 0 Å². The van der Waals surface area contributed by atoms with Crippen molar-refractivity contribution < 1.29 is 0 Å². The Labute approximate surface area is 142 Å². The van der Waals surface area contributed by atoms with Crippen LogP contribution in [0.15, 0.2) is 29.2 Å². The van der Waals surface area contributed by atoms with Crippen molar-refractivity contribution in [2.24, 2.45) is 0 Å². The summed E-state index contributed by atoms with van der Waals surface area (Å²) in [6, 6.07) is 8.91. The lowest BCUT2D eigenvalue weighted by Crippen LogP contribution is -2.07. The smallest absolute Gasteiger partial charge is 0.0361 e. The average molecular weight is 322 g/mol. The van der Waals surface area contributed by atoms with Crippen LogP contribution in [0.3, 0.4) is 0 Å². The van der Waals surface area contributed by atoms with E-state index in [9.17, 15) is 0 Å². The number of unbranched alkanes of at least 4 members (excludes halogenated alkanes) is 9. The van der Waals surface area contributed by atoms with Crippen LogP contribution in [-0.2, 0) is 0 Å². The van der Waals surface area contributed by atoms with E-state index in [0.717, 1.165) is 0 Å². The number of anilines is 1. The van der Waals surface area contributed by atoms with Crippen LogP contribution in [0.4, 0.5) is 5.69 Å². The van der Waals surface area contributed by atoms with Crippen molar-refractivity contribution >= 4 is 17.4 Å². The van der Waals surface area contributed by atoms with Crippen LogP contribution in [0.2, 0.25) is 0 Å². The topological polar surface area (TPSA) is 3.24 Å². The van der Waals surface area contributed by atoms with Gasteiger partial charge in [-0.3, -0.25) is 0 Å². The summed E-state index contributed by atoms with van der Waals surface area (Å²) in [4.78, 5) is 3.55. The molecule has 0 radical (unpaired) electrons. The van der Waals surface area contributed by atoms with Crippen molar-refractivity contribution in [1.82, 2.24) is 0 Å². The maximum absolute atomic E-state index is 2.29. The van der Waals surface area contributed by atoms with Crippen LogP contribution in [-0.4, -0.2) is 19.8 Å². The second kappa shape index (κ2) is 12.9. The van der Waals surface area contributed by atoms with Gasteiger partial charge in [0.15, 0.2) is 0 Å². The fraction of sp³-hybridized carbons (Fsp3) is 0.700. The molecule has 0 aliphatic rings. The van der Waals surface area contributed by atoms with Crippen LogP contribution >= 0.6 is 11.8 Å². The Bertz CT molecular complexity index is 358. The lowest BCUT2D eigenvalue weighted by Gasteiger charge is -2.12. The molecule has 2 heteroatoms. The zero-order valence-electron chi connectivity index (χ0n) is 14.9. The van der Waals surface area contributed by atoms with Crippen molar-refractivity contribution in [1.29, 1.82) is 0 Å². The van der Waals surface area contributed by atoms with Crippen molar-refractivity contribution in [3.63, 3.8) is 0 Å². The highest BCUT2D eigenvalue weighted by Crippen LogP contribution is 2.23. The highest BCUT2D eigenvalue weighted by atomic mass is 32.2. The molecule has 1 aromatic carbocycles. The second-order valence-corrected chi connectivity index (χ2v) is 7.59. The normalized spacial score (nSPS) is 10.9. The summed E-state index contributed by atoms with van der Waals surface area (Å²) in [5.74, 6) is 1.26. The van der Waals surface area contributed by atoms with E-state index in [4.69, 9.17) is 0 Å². The highest BCUT2D eigenvalue weighted by Gasteiger charge is 1.97. The Balaban J connectivity index is 1.93. The predicted molar refractivity (Wildman–Crippen MR) is 103 cm³/mol. The van der Waals surface area contributed by atoms with E-state index in [1.807, 2.05) is 11.8 Å². The first-order chi connectivity index (χ1) is 10.7. The van der Waals surface area contributed by atoms with Gasteiger partial charge in [0, 0.05) is 24.7 Å². The summed E-state index contributed by atoms with van der Waals surface area (Å²) in [7, 11) is 4.18. The number of nitrogens with zero attached hydrogens (tertiary/aromatic N) is 1. The van der Waals surface area contributed by atoms with Gasteiger partial charge in [-0.1, -0.05) is 64.7 Å². The SMILES string of the molecule is CCCCCCCCCCCCSc1ccc(N(C)C)cc1. The first-order valence-corrected chi connectivity index (χ1v) is 10.1. The summed E-state index contributed by atoms with van der Waals surface area (Å²) in [5.41, 5.74) is 1.28.